The smallest absolute Gasteiger partial charge is 0.269 e. The Labute approximate surface area is 159 Å². The van der Waals surface area contributed by atoms with Crippen LogP contribution in [0.3, 0.4) is 0 Å². The second-order valence-corrected chi connectivity index (χ2v) is 6.79. The van der Waals surface area contributed by atoms with Crippen LogP contribution >= 0.6 is 0 Å². The molecule has 1 amide bonds. The van der Waals surface area contributed by atoms with E-state index in [1.807, 2.05) is 42.5 Å². The summed E-state index contributed by atoms with van der Waals surface area (Å²) in [5, 5.41) is 3.03. The van der Waals surface area contributed by atoms with Crippen molar-refractivity contribution in [3.05, 3.63) is 48.5 Å². The topological polar surface area (TPSA) is 54.0 Å². The minimum absolute atomic E-state index is 0.191. The molecule has 2 heterocycles. The minimum Gasteiger partial charge on any atom is -0.485 e. The first-order valence-corrected chi connectivity index (χ1v) is 9.50. The van der Waals surface area contributed by atoms with Crippen LogP contribution in [0.1, 0.15) is 6.92 Å². The molecular formula is C21H25N3O3. The average Bonchev–Trinajstić information content (AvgIpc) is 2.74. The number of carbonyl (C=O) groups is 1. The highest BCUT2D eigenvalue weighted by Gasteiger charge is 2.28. The molecule has 2 aromatic rings. The van der Waals surface area contributed by atoms with E-state index < -0.39 is 6.10 Å². The number of ether oxygens (including phenoxy) is 2. The molecule has 2 aromatic carbocycles. The Morgan fingerprint density at radius 2 is 1.74 bits per heavy atom. The summed E-state index contributed by atoms with van der Waals surface area (Å²) >= 11 is 0. The molecule has 0 radical (unpaired) electrons. The van der Waals surface area contributed by atoms with Crippen molar-refractivity contribution >= 4 is 17.3 Å². The Kier molecular flexibility index (Phi) is 5.16. The first kappa shape index (κ1) is 17.7. The van der Waals surface area contributed by atoms with Gasteiger partial charge in [-0.3, -0.25) is 4.79 Å². The number of anilines is 2. The summed E-state index contributed by atoms with van der Waals surface area (Å²) in [7, 11) is 0. The van der Waals surface area contributed by atoms with Gasteiger partial charge in [0, 0.05) is 26.2 Å². The highest BCUT2D eigenvalue weighted by molar-refractivity contribution is 5.97. The van der Waals surface area contributed by atoms with Crippen LogP contribution in [0, 0.1) is 0 Å². The monoisotopic (exact) mass is 367 g/mol. The second-order valence-electron chi connectivity index (χ2n) is 6.79. The van der Waals surface area contributed by atoms with Gasteiger partial charge in [0.15, 0.2) is 11.5 Å². The number of rotatable bonds is 4. The third-order valence-electron chi connectivity index (χ3n) is 5.12. The average molecular weight is 367 g/mol. The lowest BCUT2D eigenvalue weighted by Crippen LogP contribution is -2.46. The van der Waals surface area contributed by atoms with Crippen molar-refractivity contribution in [2.45, 2.75) is 13.0 Å². The maximum absolute atomic E-state index is 12.8. The van der Waals surface area contributed by atoms with Gasteiger partial charge in [-0.05, 0) is 30.8 Å². The van der Waals surface area contributed by atoms with Crippen LogP contribution in [0.2, 0.25) is 0 Å². The van der Waals surface area contributed by atoms with Gasteiger partial charge in [0.2, 0.25) is 6.10 Å². The molecule has 1 N–H and O–H groups in total. The molecule has 0 spiro atoms. The number of carbonyl (C=O) groups excluding carboxylic acids is 1. The SMILES string of the molecule is CCN1CCN(c2ccccc2NC(=O)[C@@H]2COc3ccccc3O2)CC1. The number of para-hydroxylation sites is 4. The van der Waals surface area contributed by atoms with E-state index in [4.69, 9.17) is 9.47 Å². The summed E-state index contributed by atoms with van der Waals surface area (Å²) in [6, 6.07) is 15.4. The number of benzene rings is 2. The van der Waals surface area contributed by atoms with Crippen molar-refractivity contribution in [2.75, 3.05) is 49.5 Å². The number of hydrogen-bond donors (Lipinski definition) is 1. The van der Waals surface area contributed by atoms with Crippen molar-refractivity contribution in [3.8, 4) is 11.5 Å². The predicted octanol–water partition coefficient (Wildman–Crippen LogP) is 2.61. The van der Waals surface area contributed by atoms with Gasteiger partial charge in [-0.15, -0.1) is 0 Å². The highest BCUT2D eigenvalue weighted by atomic mass is 16.6. The van der Waals surface area contributed by atoms with E-state index in [0.29, 0.717) is 11.5 Å². The van der Waals surface area contributed by atoms with Crippen LogP contribution < -0.4 is 19.7 Å². The van der Waals surface area contributed by atoms with Crippen LogP contribution in [0.5, 0.6) is 11.5 Å². The van der Waals surface area contributed by atoms with Crippen LogP contribution in [-0.2, 0) is 4.79 Å². The van der Waals surface area contributed by atoms with Gasteiger partial charge in [-0.25, -0.2) is 0 Å². The molecule has 6 heteroatoms. The van der Waals surface area contributed by atoms with E-state index in [2.05, 4.69) is 28.1 Å². The van der Waals surface area contributed by atoms with Crippen molar-refractivity contribution in [1.29, 1.82) is 0 Å². The predicted molar refractivity (Wildman–Crippen MR) is 106 cm³/mol. The molecule has 2 aliphatic heterocycles. The van der Waals surface area contributed by atoms with Gasteiger partial charge in [-0.1, -0.05) is 31.2 Å². The van der Waals surface area contributed by atoms with Gasteiger partial charge < -0.3 is 24.6 Å². The maximum Gasteiger partial charge on any atom is 0.269 e. The molecule has 1 saturated heterocycles. The summed E-state index contributed by atoms with van der Waals surface area (Å²) in [5.41, 5.74) is 1.87. The zero-order chi connectivity index (χ0) is 18.6. The number of nitrogens with zero attached hydrogens (tertiary/aromatic N) is 2. The molecule has 0 unspecified atom stereocenters. The molecule has 1 fully saturated rings. The van der Waals surface area contributed by atoms with E-state index in [-0.39, 0.29) is 12.5 Å². The van der Waals surface area contributed by atoms with Crippen molar-refractivity contribution in [2.24, 2.45) is 0 Å². The number of amides is 1. The second kappa shape index (κ2) is 7.88. The number of piperazine rings is 1. The fourth-order valence-electron chi connectivity index (χ4n) is 3.52. The molecule has 0 saturated carbocycles. The molecule has 1 atom stereocenters. The summed E-state index contributed by atoms with van der Waals surface area (Å²) in [6.07, 6.45) is -0.662. The fourth-order valence-corrected chi connectivity index (χ4v) is 3.52. The quantitative estimate of drug-likeness (QED) is 0.900. The minimum atomic E-state index is -0.662. The largest absolute Gasteiger partial charge is 0.485 e. The third-order valence-corrected chi connectivity index (χ3v) is 5.12. The van der Waals surface area contributed by atoms with E-state index in [9.17, 15) is 4.79 Å². The third kappa shape index (κ3) is 3.85. The van der Waals surface area contributed by atoms with Crippen molar-refractivity contribution in [1.82, 2.24) is 4.90 Å². The van der Waals surface area contributed by atoms with Crippen LogP contribution in [0.4, 0.5) is 11.4 Å². The summed E-state index contributed by atoms with van der Waals surface area (Å²) in [4.78, 5) is 17.5. The lowest BCUT2D eigenvalue weighted by atomic mass is 10.2. The molecule has 0 bridgehead atoms. The first-order valence-electron chi connectivity index (χ1n) is 9.50. The van der Waals surface area contributed by atoms with Gasteiger partial charge in [0.1, 0.15) is 6.61 Å². The molecule has 0 aliphatic carbocycles. The molecule has 6 nitrogen and oxygen atoms in total. The van der Waals surface area contributed by atoms with E-state index >= 15 is 0 Å². The first-order chi connectivity index (χ1) is 13.2. The zero-order valence-corrected chi connectivity index (χ0v) is 15.6. The molecule has 27 heavy (non-hydrogen) atoms. The summed E-state index contributed by atoms with van der Waals surface area (Å²) in [5.74, 6) is 1.09. The Balaban J connectivity index is 1.45. The number of likely N-dealkylation sites (N-methyl/N-ethyl adjacent to an activating group) is 1. The van der Waals surface area contributed by atoms with E-state index in [0.717, 1.165) is 44.1 Å². The van der Waals surface area contributed by atoms with Crippen LogP contribution in [0.15, 0.2) is 48.5 Å². The lowest BCUT2D eigenvalue weighted by molar-refractivity contribution is -0.125. The lowest BCUT2D eigenvalue weighted by Gasteiger charge is -2.36. The Hall–Kier alpha value is -2.73. The number of hydrogen-bond acceptors (Lipinski definition) is 5. The van der Waals surface area contributed by atoms with Crippen LogP contribution in [0.25, 0.3) is 0 Å². The maximum atomic E-state index is 12.8. The van der Waals surface area contributed by atoms with Crippen molar-refractivity contribution in [3.63, 3.8) is 0 Å². The van der Waals surface area contributed by atoms with Crippen LogP contribution in [-0.4, -0.2) is 56.2 Å². The van der Waals surface area contributed by atoms with E-state index in [1.165, 1.54) is 0 Å². The molecular weight excluding hydrogens is 342 g/mol. The summed E-state index contributed by atoms with van der Waals surface area (Å²) in [6.45, 7) is 7.46. The van der Waals surface area contributed by atoms with Gasteiger partial charge >= 0.3 is 0 Å². The molecule has 0 aromatic heterocycles. The van der Waals surface area contributed by atoms with Crippen molar-refractivity contribution < 1.29 is 14.3 Å². The Morgan fingerprint density at radius 1 is 1.04 bits per heavy atom. The molecule has 4 rings (SSSR count). The number of fused-ring (bicyclic) bond motifs is 1. The highest BCUT2D eigenvalue weighted by Crippen LogP contribution is 2.32. The number of nitrogens with one attached hydrogen (secondary N) is 1. The molecule has 142 valence electrons. The Bertz CT molecular complexity index is 803. The Morgan fingerprint density at radius 3 is 2.52 bits per heavy atom. The van der Waals surface area contributed by atoms with E-state index in [1.54, 1.807) is 0 Å². The van der Waals surface area contributed by atoms with Gasteiger partial charge in [0.25, 0.3) is 5.91 Å². The fraction of sp³-hybridized carbons (Fsp3) is 0.381. The normalized spacial score (nSPS) is 19.6. The van der Waals surface area contributed by atoms with Gasteiger partial charge in [-0.2, -0.15) is 0 Å². The van der Waals surface area contributed by atoms with Gasteiger partial charge in [0.05, 0.1) is 11.4 Å². The standard InChI is InChI=1S/C21H25N3O3/c1-2-23-11-13-24(14-12-23)17-8-4-3-7-16(17)22-21(25)20-15-26-18-9-5-6-10-19(18)27-20/h3-10,20H,2,11-15H2,1H3,(H,22,25)/t20-/m0/s1. The zero-order valence-electron chi connectivity index (χ0n) is 15.6. The summed E-state index contributed by atoms with van der Waals surface area (Å²) < 4.78 is 11.5. The molecule has 2 aliphatic rings.